The first kappa shape index (κ1) is 23.4. The van der Waals surface area contributed by atoms with Crippen LogP contribution in [0.2, 0.25) is 0 Å². The van der Waals surface area contributed by atoms with E-state index in [0.29, 0.717) is 24.5 Å². The zero-order valence-electron chi connectivity index (χ0n) is 18.1. The van der Waals surface area contributed by atoms with Gasteiger partial charge in [-0.1, -0.05) is 44.2 Å². The van der Waals surface area contributed by atoms with E-state index in [4.69, 9.17) is 9.15 Å². The lowest BCUT2D eigenvalue weighted by atomic mass is 10.2. The molecule has 0 saturated heterocycles. The number of carbonyl (C=O) groups excluding carboxylic acids is 1. The first-order valence-electron chi connectivity index (χ1n) is 10.2. The number of rotatable bonds is 9. The maximum atomic E-state index is 12.5. The fraction of sp³-hybridized carbons (Fsp3) is 0.261. The summed E-state index contributed by atoms with van der Waals surface area (Å²) in [4.78, 5) is 12.4. The molecule has 0 bridgehead atoms. The summed E-state index contributed by atoms with van der Waals surface area (Å²) < 4.78 is 37.4. The fourth-order valence-electron chi connectivity index (χ4n) is 2.99. The highest BCUT2D eigenvalue weighted by Gasteiger charge is 2.21. The van der Waals surface area contributed by atoms with Gasteiger partial charge >= 0.3 is 5.97 Å². The van der Waals surface area contributed by atoms with Crippen LogP contribution in [-0.2, 0) is 19.6 Å². The summed E-state index contributed by atoms with van der Waals surface area (Å²) >= 11 is 0. The standard InChI is InChI=1S/C23H25N3O5S/c1-4-26(5-2)32(28,29)20-14-11-18(12-15-20)13-16-21(27)30-17(3)22-24-25-23(31-22)19-9-7-6-8-10-19/h6-17H,4-5H2,1-3H3/b16-13+. The van der Waals surface area contributed by atoms with Gasteiger partial charge in [0.25, 0.3) is 5.89 Å². The molecule has 1 unspecified atom stereocenters. The predicted octanol–water partition coefficient (Wildman–Crippen LogP) is 4.08. The molecule has 0 saturated carbocycles. The van der Waals surface area contributed by atoms with Gasteiger partial charge in [0.1, 0.15) is 0 Å². The van der Waals surface area contributed by atoms with Crippen molar-refractivity contribution in [2.45, 2.75) is 31.8 Å². The van der Waals surface area contributed by atoms with E-state index in [-0.39, 0.29) is 10.8 Å². The summed E-state index contributed by atoms with van der Waals surface area (Å²) in [6.07, 6.45) is 2.09. The molecule has 3 rings (SSSR count). The third-order valence-electron chi connectivity index (χ3n) is 4.74. The molecule has 0 radical (unpaired) electrons. The molecule has 0 amide bonds. The van der Waals surface area contributed by atoms with E-state index in [1.165, 1.54) is 22.5 Å². The predicted molar refractivity (Wildman–Crippen MR) is 120 cm³/mol. The number of hydrogen-bond acceptors (Lipinski definition) is 7. The Kier molecular flexibility index (Phi) is 7.55. The van der Waals surface area contributed by atoms with Crippen LogP contribution < -0.4 is 0 Å². The minimum Gasteiger partial charge on any atom is -0.449 e. The summed E-state index contributed by atoms with van der Waals surface area (Å²) in [5.41, 5.74) is 1.44. The number of hydrogen-bond donors (Lipinski definition) is 0. The smallest absolute Gasteiger partial charge is 0.331 e. The number of sulfonamides is 1. The number of carbonyl (C=O) groups is 1. The number of aromatic nitrogens is 2. The van der Waals surface area contributed by atoms with Gasteiger partial charge in [0, 0.05) is 24.7 Å². The molecule has 32 heavy (non-hydrogen) atoms. The largest absolute Gasteiger partial charge is 0.449 e. The molecule has 1 atom stereocenters. The highest BCUT2D eigenvalue weighted by Crippen LogP contribution is 2.22. The molecule has 9 heteroatoms. The van der Waals surface area contributed by atoms with E-state index in [1.54, 1.807) is 39.0 Å². The van der Waals surface area contributed by atoms with Crippen molar-refractivity contribution in [2.75, 3.05) is 13.1 Å². The van der Waals surface area contributed by atoms with Crippen LogP contribution in [0.25, 0.3) is 17.5 Å². The second-order valence-electron chi connectivity index (χ2n) is 6.88. The van der Waals surface area contributed by atoms with Crippen LogP contribution >= 0.6 is 0 Å². The van der Waals surface area contributed by atoms with Crippen LogP contribution in [0.3, 0.4) is 0 Å². The van der Waals surface area contributed by atoms with Gasteiger partial charge in [-0.3, -0.25) is 0 Å². The van der Waals surface area contributed by atoms with Gasteiger partial charge in [-0.15, -0.1) is 10.2 Å². The Labute approximate surface area is 187 Å². The van der Waals surface area contributed by atoms with Gasteiger partial charge in [-0.25, -0.2) is 13.2 Å². The van der Waals surface area contributed by atoms with E-state index in [2.05, 4.69) is 10.2 Å². The lowest BCUT2D eigenvalue weighted by Gasteiger charge is -2.18. The quantitative estimate of drug-likeness (QED) is 0.354. The Balaban J connectivity index is 1.61. The van der Waals surface area contributed by atoms with Crippen LogP contribution in [0.4, 0.5) is 0 Å². The molecule has 0 fully saturated rings. The fourth-order valence-corrected chi connectivity index (χ4v) is 4.45. The van der Waals surface area contributed by atoms with Gasteiger partial charge in [0.15, 0.2) is 6.10 Å². The topological polar surface area (TPSA) is 103 Å². The minimum atomic E-state index is -3.52. The summed E-state index contributed by atoms with van der Waals surface area (Å²) in [6, 6.07) is 15.6. The van der Waals surface area contributed by atoms with Gasteiger partial charge in [0.2, 0.25) is 15.9 Å². The van der Waals surface area contributed by atoms with Crippen molar-refractivity contribution in [2.24, 2.45) is 0 Å². The molecule has 0 aliphatic rings. The summed E-state index contributed by atoms with van der Waals surface area (Å²) in [5.74, 6) is -0.0489. The van der Waals surface area contributed by atoms with Crippen molar-refractivity contribution in [3.63, 3.8) is 0 Å². The molecular weight excluding hydrogens is 430 g/mol. The Morgan fingerprint density at radius 2 is 1.72 bits per heavy atom. The highest BCUT2D eigenvalue weighted by molar-refractivity contribution is 7.89. The van der Waals surface area contributed by atoms with Gasteiger partial charge in [0.05, 0.1) is 4.90 Å². The van der Waals surface area contributed by atoms with Crippen LogP contribution in [0.5, 0.6) is 0 Å². The monoisotopic (exact) mass is 455 g/mol. The maximum absolute atomic E-state index is 12.5. The van der Waals surface area contributed by atoms with E-state index < -0.39 is 22.1 Å². The molecule has 0 spiro atoms. The molecular formula is C23H25N3O5S. The van der Waals surface area contributed by atoms with Gasteiger partial charge in [-0.2, -0.15) is 4.31 Å². The Morgan fingerprint density at radius 1 is 1.06 bits per heavy atom. The Bertz CT molecular complexity index is 1170. The van der Waals surface area contributed by atoms with Crippen LogP contribution in [0, 0.1) is 0 Å². The molecule has 2 aromatic carbocycles. The zero-order chi connectivity index (χ0) is 23.1. The first-order chi connectivity index (χ1) is 15.3. The van der Waals surface area contributed by atoms with Crippen molar-refractivity contribution < 1.29 is 22.4 Å². The summed E-state index contributed by atoms with van der Waals surface area (Å²) in [5, 5.41) is 7.93. The van der Waals surface area contributed by atoms with E-state index in [0.717, 1.165) is 5.56 Å². The molecule has 0 N–H and O–H groups in total. The number of benzene rings is 2. The summed E-state index contributed by atoms with van der Waals surface area (Å²) in [6.45, 7) is 6.03. The molecule has 0 aliphatic carbocycles. The van der Waals surface area contributed by atoms with Crippen LogP contribution in [0.1, 0.15) is 38.3 Å². The maximum Gasteiger partial charge on any atom is 0.331 e. The highest BCUT2D eigenvalue weighted by atomic mass is 32.2. The molecule has 1 heterocycles. The third-order valence-corrected chi connectivity index (χ3v) is 6.80. The zero-order valence-corrected chi connectivity index (χ0v) is 19.0. The van der Waals surface area contributed by atoms with Gasteiger partial charge < -0.3 is 9.15 Å². The SMILES string of the molecule is CCN(CC)S(=O)(=O)c1ccc(/C=C/C(=O)OC(C)c2nnc(-c3ccccc3)o2)cc1. The van der Waals surface area contributed by atoms with E-state index in [9.17, 15) is 13.2 Å². The lowest BCUT2D eigenvalue weighted by molar-refractivity contribution is -0.143. The van der Waals surface area contributed by atoms with Gasteiger partial charge in [-0.05, 0) is 42.8 Å². The second kappa shape index (κ2) is 10.3. The lowest BCUT2D eigenvalue weighted by Crippen LogP contribution is -2.30. The first-order valence-corrected chi connectivity index (χ1v) is 11.7. The van der Waals surface area contributed by atoms with Crippen molar-refractivity contribution in [3.05, 3.63) is 72.1 Å². The minimum absolute atomic E-state index is 0.191. The number of ether oxygens (including phenoxy) is 1. The molecule has 1 aromatic heterocycles. The molecule has 0 aliphatic heterocycles. The number of esters is 1. The normalized spacial score (nSPS) is 12.9. The van der Waals surface area contributed by atoms with Crippen molar-refractivity contribution >= 4 is 22.1 Å². The second-order valence-corrected chi connectivity index (χ2v) is 8.82. The third kappa shape index (κ3) is 5.49. The molecule has 168 valence electrons. The van der Waals surface area contributed by atoms with Crippen LogP contribution in [-0.4, -0.2) is 42.0 Å². The average molecular weight is 456 g/mol. The average Bonchev–Trinajstić information content (AvgIpc) is 3.30. The number of nitrogens with zero attached hydrogens (tertiary/aromatic N) is 3. The van der Waals surface area contributed by atoms with Crippen molar-refractivity contribution in [1.29, 1.82) is 0 Å². The summed E-state index contributed by atoms with van der Waals surface area (Å²) in [7, 11) is -3.52. The van der Waals surface area contributed by atoms with Crippen LogP contribution in [0.15, 0.2) is 70.0 Å². The molecule has 3 aromatic rings. The van der Waals surface area contributed by atoms with Crippen molar-refractivity contribution in [3.8, 4) is 11.5 Å². The molecule has 8 nitrogen and oxygen atoms in total. The Morgan fingerprint density at radius 3 is 2.34 bits per heavy atom. The van der Waals surface area contributed by atoms with E-state index in [1.807, 2.05) is 30.3 Å². The van der Waals surface area contributed by atoms with Crippen molar-refractivity contribution in [1.82, 2.24) is 14.5 Å². The van der Waals surface area contributed by atoms with E-state index >= 15 is 0 Å². The Hall–Kier alpha value is -3.30.